The Bertz CT molecular complexity index is 740. The normalized spacial score (nSPS) is 13.3. The van der Waals surface area contributed by atoms with Crippen molar-refractivity contribution in [2.75, 3.05) is 13.7 Å². The van der Waals surface area contributed by atoms with Crippen molar-refractivity contribution in [3.63, 3.8) is 0 Å². The third-order valence-electron chi connectivity index (χ3n) is 3.55. The quantitative estimate of drug-likeness (QED) is 0.870. The number of carboxylic acid groups (broad SMARTS) is 1. The van der Waals surface area contributed by atoms with Gasteiger partial charge < -0.3 is 14.7 Å². The Labute approximate surface area is 125 Å². The van der Waals surface area contributed by atoms with E-state index in [1.165, 1.54) is 10.9 Å². The number of carbonyl (C=O) groups excluding carboxylic acids is 1. The third-order valence-corrected chi connectivity index (χ3v) is 3.55. The van der Waals surface area contributed by atoms with Crippen LogP contribution in [0.2, 0.25) is 0 Å². The number of carbonyl (C=O) groups is 2. The minimum Gasteiger partial charge on any atom is -0.497 e. The Hall–Kier alpha value is -2.90. The molecule has 0 aliphatic carbocycles. The summed E-state index contributed by atoms with van der Waals surface area (Å²) >= 11 is 0. The van der Waals surface area contributed by atoms with Gasteiger partial charge in [-0.2, -0.15) is 0 Å². The minimum atomic E-state index is -1.12. The Balaban J connectivity index is 1.67. The molecule has 1 amide bonds. The fourth-order valence-electron chi connectivity index (χ4n) is 2.39. The maximum atomic E-state index is 12.3. The van der Waals surface area contributed by atoms with Gasteiger partial charge in [0.1, 0.15) is 5.75 Å². The maximum Gasteiger partial charge on any atom is 0.358 e. The summed E-state index contributed by atoms with van der Waals surface area (Å²) in [4.78, 5) is 24.7. The van der Waals surface area contributed by atoms with E-state index >= 15 is 0 Å². The average molecular weight is 302 g/mol. The van der Waals surface area contributed by atoms with Crippen LogP contribution in [0.15, 0.2) is 24.4 Å². The predicted molar refractivity (Wildman–Crippen MR) is 74.7 cm³/mol. The van der Waals surface area contributed by atoms with Crippen molar-refractivity contribution in [1.29, 1.82) is 0 Å². The Morgan fingerprint density at radius 3 is 2.91 bits per heavy atom. The SMILES string of the molecule is COc1ccc2c(c1)CN(CCn1cc(C(=O)O)nn1)C2=O. The first-order chi connectivity index (χ1) is 10.6. The standard InChI is InChI=1S/C14H14N4O4/c1-22-10-2-3-11-9(6-10)7-17(13(11)19)4-5-18-8-12(14(20)21)15-16-18/h2-3,6,8H,4-5,7H2,1H3,(H,20,21). The molecule has 8 heteroatoms. The van der Waals surface area contributed by atoms with Gasteiger partial charge in [-0.25, -0.2) is 9.48 Å². The smallest absolute Gasteiger partial charge is 0.358 e. The molecule has 0 saturated carbocycles. The second kappa shape index (κ2) is 5.47. The number of benzene rings is 1. The number of hydrogen-bond donors (Lipinski definition) is 1. The van der Waals surface area contributed by atoms with Crippen LogP contribution in [-0.2, 0) is 13.1 Å². The highest BCUT2D eigenvalue weighted by Crippen LogP contribution is 2.26. The number of carboxylic acids is 1. The topological polar surface area (TPSA) is 97.6 Å². The second-order valence-electron chi connectivity index (χ2n) is 4.92. The second-order valence-corrected chi connectivity index (χ2v) is 4.92. The van der Waals surface area contributed by atoms with E-state index in [2.05, 4.69) is 10.3 Å². The highest BCUT2D eigenvalue weighted by Gasteiger charge is 2.27. The largest absolute Gasteiger partial charge is 0.497 e. The molecule has 0 atom stereocenters. The fourth-order valence-corrected chi connectivity index (χ4v) is 2.39. The fraction of sp³-hybridized carbons (Fsp3) is 0.286. The van der Waals surface area contributed by atoms with Gasteiger partial charge in [0.05, 0.1) is 19.9 Å². The number of aromatic nitrogens is 3. The molecule has 1 N–H and O–H groups in total. The van der Waals surface area contributed by atoms with Crippen LogP contribution in [0.25, 0.3) is 0 Å². The van der Waals surface area contributed by atoms with Crippen molar-refractivity contribution in [1.82, 2.24) is 19.9 Å². The Morgan fingerprint density at radius 1 is 1.41 bits per heavy atom. The molecule has 22 heavy (non-hydrogen) atoms. The van der Waals surface area contributed by atoms with E-state index in [1.54, 1.807) is 24.1 Å². The highest BCUT2D eigenvalue weighted by molar-refractivity contribution is 5.98. The van der Waals surface area contributed by atoms with Crippen molar-refractivity contribution in [3.05, 3.63) is 41.2 Å². The molecule has 1 aromatic carbocycles. The van der Waals surface area contributed by atoms with Gasteiger partial charge in [-0.15, -0.1) is 5.10 Å². The number of methoxy groups -OCH3 is 1. The molecule has 114 valence electrons. The van der Waals surface area contributed by atoms with Gasteiger partial charge in [-0.3, -0.25) is 4.79 Å². The lowest BCUT2D eigenvalue weighted by Gasteiger charge is -2.14. The van der Waals surface area contributed by atoms with Crippen molar-refractivity contribution >= 4 is 11.9 Å². The zero-order valence-electron chi connectivity index (χ0n) is 11.9. The summed E-state index contributed by atoms with van der Waals surface area (Å²) in [5.41, 5.74) is 1.49. The minimum absolute atomic E-state index is 0.0452. The van der Waals surface area contributed by atoms with E-state index in [9.17, 15) is 9.59 Å². The van der Waals surface area contributed by atoms with Crippen molar-refractivity contribution in [3.8, 4) is 5.75 Å². The Kier molecular flexibility index (Phi) is 3.50. The lowest BCUT2D eigenvalue weighted by atomic mass is 10.1. The molecule has 2 aromatic rings. The zero-order valence-corrected chi connectivity index (χ0v) is 11.9. The molecule has 0 bridgehead atoms. The lowest BCUT2D eigenvalue weighted by Crippen LogP contribution is -2.28. The number of fused-ring (bicyclic) bond motifs is 1. The highest BCUT2D eigenvalue weighted by atomic mass is 16.5. The van der Waals surface area contributed by atoms with Crippen molar-refractivity contribution in [2.24, 2.45) is 0 Å². The van der Waals surface area contributed by atoms with E-state index < -0.39 is 5.97 Å². The summed E-state index contributed by atoms with van der Waals surface area (Å²) in [5, 5.41) is 16.1. The van der Waals surface area contributed by atoms with Crippen molar-refractivity contribution < 1.29 is 19.4 Å². The Morgan fingerprint density at radius 2 is 2.23 bits per heavy atom. The van der Waals surface area contributed by atoms with Gasteiger partial charge in [0, 0.05) is 18.7 Å². The van der Waals surface area contributed by atoms with Crippen LogP contribution in [0.4, 0.5) is 0 Å². The molecule has 0 fully saturated rings. The summed E-state index contributed by atoms with van der Waals surface area (Å²) in [6.45, 7) is 1.32. The van der Waals surface area contributed by atoms with Gasteiger partial charge in [-0.1, -0.05) is 5.21 Å². The molecule has 0 radical (unpaired) electrons. The lowest BCUT2D eigenvalue weighted by molar-refractivity contribution is 0.0689. The number of aromatic carboxylic acids is 1. The molecule has 0 unspecified atom stereocenters. The summed E-state index contributed by atoms with van der Waals surface area (Å²) in [5.74, 6) is -0.449. The summed E-state index contributed by atoms with van der Waals surface area (Å²) in [6.07, 6.45) is 1.35. The van der Waals surface area contributed by atoms with E-state index in [0.29, 0.717) is 25.2 Å². The van der Waals surface area contributed by atoms with Crippen LogP contribution in [-0.4, -0.2) is 50.5 Å². The predicted octanol–water partition coefficient (Wildman–Crippen LogP) is 0.641. The molecular weight excluding hydrogens is 288 g/mol. The van der Waals surface area contributed by atoms with Crippen LogP contribution >= 0.6 is 0 Å². The van der Waals surface area contributed by atoms with Crippen LogP contribution < -0.4 is 4.74 Å². The average Bonchev–Trinajstić information content (AvgIpc) is 3.10. The van der Waals surface area contributed by atoms with E-state index in [0.717, 1.165) is 11.3 Å². The molecule has 1 aliphatic heterocycles. The zero-order chi connectivity index (χ0) is 15.7. The number of amides is 1. The number of nitrogens with zero attached hydrogens (tertiary/aromatic N) is 4. The van der Waals surface area contributed by atoms with E-state index in [4.69, 9.17) is 9.84 Å². The molecule has 0 spiro atoms. The number of rotatable bonds is 5. The third kappa shape index (κ3) is 2.50. The maximum absolute atomic E-state index is 12.3. The molecular formula is C14H14N4O4. The number of hydrogen-bond acceptors (Lipinski definition) is 5. The van der Waals surface area contributed by atoms with Crippen LogP contribution in [0.5, 0.6) is 5.75 Å². The summed E-state index contributed by atoms with van der Waals surface area (Å²) in [7, 11) is 1.58. The van der Waals surface area contributed by atoms with Gasteiger partial charge >= 0.3 is 5.97 Å². The molecule has 3 rings (SSSR count). The van der Waals surface area contributed by atoms with Crippen LogP contribution in [0.3, 0.4) is 0 Å². The first-order valence-electron chi connectivity index (χ1n) is 6.68. The molecule has 0 saturated heterocycles. The molecule has 2 heterocycles. The van der Waals surface area contributed by atoms with Crippen LogP contribution in [0, 0.1) is 0 Å². The number of ether oxygens (including phenoxy) is 1. The van der Waals surface area contributed by atoms with Gasteiger partial charge in [-0.05, 0) is 23.8 Å². The van der Waals surface area contributed by atoms with Gasteiger partial charge in [0.25, 0.3) is 5.91 Å². The first-order valence-corrected chi connectivity index (χ1v) is 6.68. The molecule has 1 aliphatic rings. The summed E-state index contributed by atoms with van der Waals surface area (Å²) < 4.78 is 6.57. The first kappa shape index (κ1) is 14.1. The van der Waals surface area contributed by atoms with E-state index in [1.807, 2.05) is 6.07 Å². The van der Waals surface area contributed by atoms with Gasteiger partial charge in [0.15, 0.2) is 5.69 Å². The summed E-state index contributed by atoms with van der Waals surface area (Å²) in [6, 6.07) is 5.37. The molecule has 8 nitrogen and oxygen atoms in total. The molecule has 1 aromatic heterocycles. The van der Waals surface area contributed by atoms with Crippen LogP contribution in [0.1, 0.15) is 26.4 Å². The monoisotopic (exact) mass is 302 g/mol. The van der Waals surface area contributed by atoms with E-state index in [-0.39, 0.29) is 11.6 Å². The van der Waals surface area contributed by atoms with Gasteiger partial charge in [0.2, 0.25) is 0 Å². The van der Waals surface area contributed by atoms with Crippen molar-refractivity contribution in [2.45, 2.75) is 13.1 Å².